The molecule has 0 saturated carbocycles. The molecule has 8 nitrogen and oxygen atoms in total. The third-order valence-corrected chi connectivity index (χ3v) is 7.80. The van der Waals surface area contributed by atoms with Gasteiger partial charge in [-0.25, -0.2) is 13.4 Å². The molecule has 30 heavy (non-hydrogen) atoms. The number of nitrogens with one attached hydrogen (secondary N) is 1. The molecule has 0 radical (unpaired) electrons. The van der Waals surface area contributed by atoms with Gasteiger partial charge in [-0.3, -0.25) is 9.69 Å². The summed E-state index contributed by atoms with van der Waals surface area (Å²) >= 11 is 1.43. The number of anilines is 1. The van der Waals surface area contributed by atoms with Crippen LogP contribution in [0.2, 0.25) is 0 Å². The second-order valence-electron chi connectivity index (χ2n) is 6.89. The van der Waals surface area contributed by atoms with Gasteiger partial charge in [0.05, 0.1) is 28.8 Å². The van der Waals surface area contributed by atoms with E-state index >= 15 is 0 Å². The van der Waals surface area contributed by atoms with Crippen LogP contribution in [0.3, 0.4) is 0 Å². The first kappa shape index (κ1) is 20.7. The Labute approximate surface area is 179 Å². The Kier molecular flexibility index (Phi) is 6.00. The zero-order valence-electron chi connectivity index (χ0n) is 16.4. The number of hydrogen-bond donors (Lipinski definition) is 1. The zero-order valence-corrected chi connectivity index (χ0v) is 18.1. The van der Waals surface area contributed by atoms with Crippen LogP contribution in [0.15, 0.2) is 53.4 Å². The average Bonchev–Trinajstić information content (AvgIpc) is 3.16. The lowest BCUT2D eigenvalue weighted by atomic mass is 10.3. The molecule has 158 valence electrons. The number of hydrogen-bond acceptors (Lipinski definition) is 7. The number of benzene rings is 2. The Morgan fingerprint density at radius 1 is 1.10 bits per heavy atom. The van der Waals surface area contributed by atoms with Gasteiger partial charge in [0.1, 0.15) is 5.75 Å². The molecule has 1 fully saturated rings. The van der Waals surface area contributed by atoms with Gasteiger partial charge >= 0.3 is 0 Å². The number of methoxy groups -OCH3 is 1. The lowest BCUT2D eigenvalue weighted by molar-refractivity contribution is -0.117. The monoisotopic (exact) mass is 446 g/mol. The molecule has 0 aliphatic carbocycles. The third-order valence-electron chi connectivity index (χ3n) is 4.94. The predicted octanol–water partition coefficient (Wildman–Crippen LogP) is 2.25. The molecule has 1 aromatic heterocycles. The summed E-state index contributed by atoms with van der Waals surface area (Å²) in [6, 6.07) is 14.1. The van der Waals surface area contributed by atoms with E-state index in [0.717, 1.165) is 10.2 Å². The molecule has 1 N–H and O–H groups in total. The molecule has 1 aliphatic heterocycles. The smallest absolute Gasteiger partial charge is 0.243 e. The van der Waals surface area contributed by atoms with Gasteiger partial charge in [0.25, 0.3) is 0 Å². The summed E-state index contributed by atoms with van der Waals surface area (Å²) in [6.45, 7) is 1.85. The van der Waals surface area contributed by atoms with Gasteiger partial charge in [0, 0.05) is 26.2 Å². The van der Waals surface area contributed by atoms with Crippen molar-refractivity contribution in [2.24, 2.45) is 0 Å². The van der Waals surface area contributed by atoms with Gasteiger partial charge in [-0.1, -0.05) is 23.5 Å². The summed E-state index contributed by atoms with van der Waals surface area (Å²) in [4.78, 5) is 19.0. The number of aromatic nitrogens is 1. The highest BCUT2D eigenvalue weighted by Crippen LogP contribution is 2.25. The SMILES string of the molecule is COc1ccc(S(=O)(=O)N2CCN(CC(=O)Nc3nc4ccccc4s3)CC2)cc1. The number of sulfonamides is 1. The number of para-hydroxylation sites is 1. The van der Waals surface area contributed by atoms with Crippen LogP contribution in [0.25, 0.3) is 10.2 Å². The van der Waals surface area contributed by atoms with E-state index in [9.17, 15) is 13.2 Å². The van der Waals surface area contributed by atoms with Crippen LogP contribution in [0.1, 0.15) is 0 Å². The van der Waals surface area contributed by atoms with E-state index < -0.39 is 10.0 Å². The van der Waals surface area contributed by atoms with Crippen LogP contribution in [-0.4, -0.2) is 68.3 Å². The Morgan fingerprint density at radius 2 is 1.80 bits per heavy atom. The van der Waals surface area contributed by atoms with E-state index in [1.54, 1.807) is 24.3 Å². The summed E-state index contributed by atoms with van der Waals surface area (Å²) < 4.78 is 33.2. The number of fused-ring (bicyclic) bond motifs is 1. The standard InChI is InChI=1S/C20H22N4O4S2/c1-28-15-6-8-16(9-7-15)30(26,27)24-12-10-23(11-13-24)14-19(25)22-20-21-17-4-2-3-5-18(17)29-20/h2-9H,10-14H2,1H3,(H,21,22,25). The molecule has 2 aromatic carbocycles. The van der Waals surface area contributed by atoms with Crippen molar-refractivity contribution >= 4 is 42.6 Å². The van der Waals surface area contributed by atoms with E-state index in [2.05, 4.69) is 10.3 Å². The van der Waals surface area contributed by atoms with E-state index in [1.165, 1.54) is 22.8 Å². The Balaban J connectivity index is 1.31. The topological polar surface area (TPSA) is 91.8 Å². The van der Waals surface area contributed by atoms with Crippen molar-refractivity contribution in [3.8, 4) is 5.75 Å². The summed E-state index contributed by atoms with van der Waals surface area (Å²) in [7, 11) is -2.02. The lowest BCUT2D eigenvalue weighted by Gasteiger charge is -2.33. The highest BCUT2D eigenvalue weighted by molar-refractivity contribution is 7.89. The minimum Gasteiger partial charge on any atom is -0.497 e. The molecule has 10 heteroatoms. The van der Waals surface area contributed by atoms with Gasteiger partial charge in [-0.2, -0.15) is 4.31 Å². The maximum absolute atomic E-state index is 12.8. The second kappa shape index (κ2) is 8.68. The van der Waals surface area contributed by atoms with E-state index in [1.807, 2.05) is 29.2 Å². The number of ether oxygens (including phenoxy) is 1. The number of amides is 1. The van der Waals surface area contributed by atoms with Crippen molar-refractivity contribution in [1.29, 1.82) is 0 Å². The molecule has 4 rings (SSSR count). The van der Waals surface area contributed by atoms with Gasteiger partial charge in [-0.05, 0) is 36.4 Å². The number of piperazine rings is 1. The fourth-order valence-electron chi connectivity index (χ4n) is 3.31. The van der Waals surface area contributed by atoms with Crippen LogP contribution in [0, 0.1) is 0 Å². The van der Waals surface area contributed by atoms with Gasteiger partial charge in [0.15, 0.2) is 5.13 Å². The summed E-state index contributed by atoms with van der Waals surface area (Å²) in [5, 5.41) is 3.41. The van der Waals surface area contributed by atoms with Gasteiger partial charge in [-0.15, -0.1) is 0 Å². The summed E-state index contributed by atoms with van der Waals surface area (Å²) in [5.41, 5.74) is 0.857. The lowest BCUT2D eigenvalue weighted by Crippen LogP contribution is -2.50. The van der Waals surface area contributed by atoms with Crippen LogP contribution in [0.4, 0.5) is 5.13 Å². The van der Waals surface area contributed by atoms with Crippen LogP contribution < -0.4 is 10.1 Å². The molecule has 1 amide bonds. The molecule has 1 aliphatic rings. The normalized spacial score (nSPS) is 15.9. The molecular weight excluding hydrogens is 424 g/mol. The first-order valence-electron chi connectivity index (χ1n) is 9.48. The quantitative estimate of drug-likeness (QED) is 0.625. The second-order valence-corrected chi connectivity index (χ2v) is 9.86. The number of thiazole rings is 1. The number of rotatable bonds is 6. The molecule has 0 spiro atoms. The molecule has 0 atom stereocenters. The van der Waals surface area contributed by atoms with Crippen molar-refractivity contribution < 1.29 is 17.9 Å². The predicted molar refractivity (Wildman–Crippen MR) is 116 cm³/mol. The minimum atomic E-state index is -3.56. The van der Waals surface area contributed by atoms with Gasteiger partial charge < -0.3 is 10.1 Å². The number of nitrogens with zero attached hydrogens (tertiary/aromatic N) is 3. The number of carbonyl (C=O) groups excluding carboxylic acids is 1. The van der Waals surface area contributed by atoms with Crippen LogP contribution >= 0.6 is 11.3 Å². The first-order chi connectivity index (χ1) is 14.5. The fourth-order valence-corrected chi connectivity index (χ4v) is 5.62. The Bertz CT molecular complexity index is 1100. The minimum absolute atomic E-state index is 0.152. The van der Waals surface area contributed by atoms with Crippen molar-refractivity contribution in [3.63, 3.8) is 0 Å². The van der Waals surface area contributed by atoms with Gasteiger partial charge in [0.2, 0.25) is 15.9 Å². The summed E-state index contributed by atoms with van der Waals surface area (Å²) in [6.07, 6.45) is 0. The molecular formula is C20H22N4O4S2. The highest BCUT2D eigenvalue weighted by Gasteiger charge is 2.29. The van der Waals surface area contributed by atoms with E-state index in [-0.39, 0.29) is 17.3 Å². The van der Waals surface area contributed by atoms with Crippen molar-refractivity contribution in [2.75, 3.05) is 45.2 Å². The Hall–Kier alpha value is -2.53. The molecule has 2 heterocycles. The average molecular weight is 447 g/mol. The molecule has 3 aromatic rings. The van der Waals surface area contributed by atoms with Crippen LogP contribution in [-0.2, 0) is 14.8 Å². The maximum atomic E-state index is 12.8. The van der Waals surface area contributed by atoms with E-state index in [0.29, 0.717) is 37.1 Å². The van der Waals surface area contributed by atoms with Crippen molar-refractivity contribution in [2.45, 2.75) is 4.90 Å². The highest BCUT2D eigenvalue weighted by atomic mass is 32.2. The first-order valence-corrected chi connectivity index (χ1v) is 11.7. The Morgan fingerprint density at radius 3 is 2.47 bits per heavy atom. The largest absolute Gasteiger partial charge is 0.497 e. The maximum Gasteiger partial charge on any atom is 0.243 e. The zero-order chi connectivity index (χ0) is 21.1. The van der Waals surface area contributed by atoms with Crippen LogP contribution in [0.5, 0.6) is 5.75 Å². The molecule has 1 saturated heterocycles. The fraction of sp³-hybridized carbons (Fsp3) is 0.300. The number of carbonyl (C=O) groups is 1. The third kappa shape index (κ3) is 4.46. The molecule has 0 unspecified atom stereocenters. The summed E-state index contributed by atoms with van der Waals surface area (Å²) in [5.74, 6) is 0.457. The van der Waals surface area contributed by atoms with Crippen molar-refractivity contribution in [3.05, 3.63) is 48.5 Å². The van der Waals surface area contributed by atoms with Crippen molar-refractivity contribution in [1.82, 2.24) is 14.2 Å². The molecule has 0 bridgehead atoms. The van der Waals surface area contributed by atoms with E-state index in [4.69, 9.17) is 4.74 Å².